The molecule has 5 rings (SSSR count). The average Bonchev–Trinajstić information content (AvgIpc) is 3.40. The van der Waals surface area contributed by atoms with Crippen molar-refractivity contribution in [1.82, 2.24) is 34.4 Å². The Labute approximate surface area is 260 Å². The number of aromatic nitrogens is 4. The SMILES string of the molecule is CCOc1cccc(Cn2ncc3c(N4CCC(C(=O)N5CCC(N(CCN(C)C)C(C)=O)CC5)CC4)ncnc32)c1.Cl. The fourth-order valence-electron chi connectivity index (χ4n) is 6.22. The van der Waals surface area contributed by atoms with Gasteiger partial charge in [0.05, 0.1) is 24.7 Å². The second kappa shape index (κ2) is 14.8. The molecule has 0 bridgehead atoms. The van der Waals surface area contributed by atoms with Crippen LogP contribution in [-0.4, -0.2) is 112 Å². The largest absolute Gasteiger partial charge is 0.494 e. The number of fused-ring (bicyclic) bond motifs is 1. The van der Waals surface area contributed by atoms with Crippen LogP contribution in [0.15, 0.2) is 36.8 Å². The zero-order valence-electron chi connectivity index (χ0n) is 25.8. The molecule has 0 N–H and O–H groups in total. The molecule has 0 unspecified atom stereocenters. The van der Waals surface area contributed by atoms with Crippen LogP contribution in [0, 0.1) is 5.92 Å². The van der Waals surface area contributed by atoms with Crippen molar-refractivity contribution in [2.24, 2.45) is 5.92 Å². The zero-order chi connectivity index (χ0) is 29.6. The second-order valence-electron chi connectivity index (χ2n) is 11.7. The van der Waals surface area contributed by atoms with Crippen molar-refractivity contribution in [1.29, 1.82) is 0 Å². The Morgan fingerprint density at radius 3 is 2.44 bits per heavy atom. The minimum absolute atomic E-state index is 0. The third-order valence-corrected chi connectivity index (χ3v) is 8.51. The van der Waals surface area contributed by atoms with E-state index in [-0.39, 0.29) is 36.2 Å². The minimum atomic E-state index is 0. The van der Waals surface area contributed by atoms with Crippen LogP contribution in [0.2, 0.25) is 0 Å². The first-order chi connectivity index (χ1) is 20.3. The summed E-state index contributed by atoms with van der Waals surface area (Å²) in [4.78, 5) is 43.3. The molecule has 2 aliphatic rings. The van der Waals surface area contributed by atoms with Crippen molar-refractivity contribution < 1.29 is 14.3 Å². The first-order valence-corrected chi connectivity index (χ1v) is 15.2. The maximum atomic E-state index is 13.4. The Morgan fingerprint density at radius 2 is 1.77 bits per heavy atom. The molecular formula is C31H45ClN8O3. The maximum Gasteiger partial charge on any atom is 0.225 e. The van der Waals surface area contributed by atoms with Gasteiger partial charge in [-0.25, -0.2) is 14.6 Å². The van der Waals surface area contributed by atoms with Gasteiger partial charge in [-0.05, 0) is 64.4 Å². The van der Waals surface area contributed by atoms with Gasteiger partial charge in [0.25, 0.3) is 0 Å². The fourth-order valence-corrected chi connectivity index (χ4v) is 6.22. The van der Waals surface area contributed by atoms with Gasteiger partial charge in [0.2, 0.25) is 11.8 Å². The van der Waals surface area contributed by atoms with E-state index in [0.717, 1.165) is 80.0 Å². The third-order valence-electron chi connectivity index (χ3n) is 8.51. The highest BCUT2D eigenvalue weighted by Gasteiger charge is 2.33. The number of likely N-dealkylation sites (N-methyl/N-ethyl adjacent to an activating group) is 1. The first kappa shape index (κ1) is 32.5. The summed E-state index contributed by atoms with van der Waals surface area (Å²) in [5.41, 5.74) is 1.89. The Hall–Kier alpha value is -3.44. The fraction of sp³-hybridized carbons (Fsp3) is 0.581. The van der Waals surface area contributed by atoms with E-state index in [9.17, 15) is 9.59 Å². The number of halogens is 1. The van der Waals surface area contributed by atoms with E-state index in [1.165, 1.54) is 0 Å². The predicted molar refractivity (Wildman–Crippen MR) is 170 cm³/mol. The van der Waals surface area contributed by atoms with Gasteiger partial charge in [-0.15, -0.1) is 12.4 Å². The van der Waals surface area contributed by atoms with E-state index in [4.69, 9.17) is 4.74 Å². The van der Waals surface area contributed by atoms with Crippen LogP contribution >= 0.6 is 12.4 Å². The van der Waals surface area contributed by atoms with Crippen LogP contribution in [0.5, 0.6) is 5.75 Å². The molecule has 2 aliphatic heterocycles. The molecule has 43 heavy (non-hydrogen) atoms. The van der Waals surface area contributed by atoms with Crippen molar-refractivity contribution in [3.8, 4) is 5.75 Å². The Morgan fingerprint density at radius 1 is 1.02 bits per heavy atom. The van der Waals surface area contributed by atoms with E-state index < -0.39 is 0 Å². The highest BCUT2D eigenvalue weighted by Crippen LogP contribution is 2.29. The molecule has 0 aliphatic carbocycles. The molecule has 4 heterocycles. The lowest BCUT2D eigenvalue weighted by molar-refractivity contribution is -0.139. The first-order valence-electron chi connectivity index (χ1n) is 15.2. The van der Waals surface area contributed by atoms with Crippen LogP contribution in [0.25, 0.3) is 11.0 Å². The molecule has 0 atom stereocenters. The number of amides is 2. The van der Waals surface area contributed by atoms with Crippen LogP contribution in [0.4, 0.5) is 5.82 Å². The molecule has 0 radical (unpaired) electrons. The summed E-state index contributed by atoms with van der Waals surface area (Å²) < 4.78 is 7.55. The number of ether oxygens (including phenoxy) is 1. The van der Waals surface area contributed by atoms with E-state index in [0.29, 0.717) is 26.2 Å². The number of rotatable bonds is 10. The van der Waals surface area contributed by atoms with Gasteiger partial charge in [0.1, 0.15) is 17.9 Å². The zero-order valence-corrected chi connectivity index (χ0v) is 26.6. The highest BCUT2D eigenvalue weighted by atomic mass is 35.5. The summed E-state index contributed by atoms with van der Waals surface area (Å²) in [5, 5.41) is 5.56. The Kier molecular flexibility index (Phi) is 11.2. The number of hydrogen-bond donors (Lipinski definition) is 0. The van der Waals surface area contributed by atoms with E-state index in [1.54, 1.807) is 13.3 Å². The van der Waals surface area contributed by atoms with Crippen molar-refractivity contribution in [3.63, 3.8) is 0 Å². The molecule has 0 spiro atoms. The molecule has 11 nitrogen and oxygen atoms in total. The van der Waals surface area contributed by atoms with Gasteiger partial charge in [0.15, 0.2) is 5.65 Å². The lowest BCUT2D eigenvalue weighted by Gasteiger charge is -2.40. The van der Waals surface area contributed by atoms with E-state index in [1.807, 2.05) is 59.9 Å². The van der Waals surface area contributed by atoms with E-state index in [2.05, 4.69) is 30.9 Å². The van der Waals surface area contributed by atoms with E-state index >= 15 is 0 Å². The van der Waals surface area contributed by atoms with Gasteiger partial charge >= 0.3 is 0 Å². The molecule has 234 valence electrons. The highest BCUT2D eigenvalue weighted by molar-refractivity contribution is 5.87. The molecular weight excluding hydrogens is 568 g/mol. The lowest BCUT2D eigenvalue weighted by atomic mass is 9.93. The van der Waals surface area contributed by atoms with Crippen LogP contribution in [-0.2, 0) is 16.1 Å². The normalized spacial score (nSPS) is 16.4. The number of likely N-dealkylation sites (tertiary alicyclic amines) is 1. The lowest BCUT2D eigenvalue weighted by Crippen LogP contribution is -2.51. The monoisotopic (exact) mass is 612 g/mol. The molecule has 2 amide bonds. The third kappa shape index (κ3) is 7.75. The molecule has 3 aromatic rings. The summed E-state index contributed by atoms with van der Waals surface area (Å²) in [6, 6.07) is 8.26. The van der Waals surface area contributed by atoms with Crippen molar-refractivity contribution in [2.75, 3.05) is 64.9 Å². The quantitative estimate of drug-likeness (QED) is 0.344. The topological polar surface area (TPSA) is 99.9 Å². The predicted octanol–water partition coefficient (Wildman–Crippen LogP) is 3.31. The standard InChI is InChI=1S/C31H44N8O3.ClH/c1-5-42-27-8-6-7-24(19-27)21-39-30-28(20-34-39)29(32-22-33-30)36-13-9-25(10-14-36)31(41)37-15-11-26(12-16-37)38(23(2)40)18-17-35(3)4;/h6-8,19-20,22,25-26H,5,9-18,21H2,1-4H3;1H. The summed E-state index contributed by atoms with van der Waals surface area (Å²) in [7, 11) is 4.05. The van der Waals surface area contributed by atoms with Crippen LogP contribution < -0.4 is 9.64 Å². The van der Waals surface area contributed by atoms with Gasteiger partial charge in [0, 0.05) is 58.2 Å². The molecule has 0 saturated carbocycles. The summed E-state index contributed by atoms with van der Waals surface area (Å²) in [6.07, 6.45) is 6.74. The van der Waals surface area contributed by atoms with Crippen molar-refractivity contribution in [2.45, 2.75) is 52.1 Å². The van der Waals surface area contributed by atoms with Gasteiger partial charge < -0.3 is 24.3 Å². The minimum Gasteiger partial charge on any atom is -0.494 e. The van der Waals surface area contributed by atoms with Gasteiger partial charge in [-0.1, -0.05) is 12.1 Å². The smallest absolute Gasteiger partial charge is 0.225 e. The Balaban J connectivity index is 0.00000423. The van der Waals surface area contributed by atoms with Gasteiger partial charge in [-0.3, -0.25) is 9.59 Å². The van der Waals surface area contributed by atoms with Crippen LogP contribution in [0.1, 0.15) is 45.1 Å². The summed E-state index contributed by atoms with van der Waals surface area (Å²) >= 11 is 0. The number of nitrogens with zero attached hydrogens (tertiary/aromatic N) is 8. The average molecular weight is 613 g/mol. The molecule has 2 aromatic heterocycles. The summed E-state index contributed by atoms with van der Waals surface area (Å²) in [5.74, 6) is 2.12. The molecule has 2 saturated heterocycles. The number of hydrogen-bond acceptors (Lipinski definition) is 8. The number of benzene rings is 1. The number of carbonyl (C=O) groups excluding carboxylic acids is 2. The van der Waals surface area contributed by atoms with Crippen molar-refractivity contribution in [3.05, 3.63) is 42.4 Å². The Bertz CT molecular complexity index is 1370. The second-order valence-corrected chi connectivity index (χ2v) is 11.7. The number of anilines is 1. The molecule has 1 aromatic carbocycles. The molecule has 12 heteroatoms. The number of carbonyl (C=O) groups is 2. The van der Waals surface area contributed by atoms with Crippen LogP contribution in [0.3, 0.4) is 0 Å². The summed E-state index contributed by atoms with van der Waals surface area (Å²) in [6.45, 7) is 9.40. The maximum absolute atomic E-state index is 13.4. The van der Waals surface area contributed by atoms with Crippen molar-refractivity contribution >= 4 is 41.1 Å². The molecule has 2 fully saturated rings. The van der Waals surface area contributed by atoms with Gasteiger partial charge in [-0.2, -0.15) is 5.10 Å². The number of piperidine rings is 2.